The monoisotopic (exact) mass is 389 g/mol. The lowest BCUT2D eigenvalue weighted by Gasteiger charge is -2.21. The van der Waals surface area contributed by atoms with Gasteiger partial charge in [-0.1, -0.05) is 81.4 Å². The van der Waals surface area contributed by atoms with Gasteiger partial charge in [-0.05, 0) is 40.3 Å². The van der Waals surface area contributed by atoms with Gasteiger partial charge in [0.25, 0.3) is 0 Å². The second-order valence-corrected chi connectivity index (χ2v) is 9.00. The van der Waals surface area contributed by atoms with Crippen LogP contribution in [-0.4, -0.2) is 0 Å². The molecule has 0 aliphatic heterocycles. The quantitative estimate of drug-likeness (QED) is 0.262. The van der Waals surface area contributed by atoms with Gasteiger partial charge < -0.3 is 4.42 Å². The third-order valence-corrected chi connectivity index (χ3v) is 5.90. The maximum Gasteiger partial charge on any atom is 0.198 e. The highest BCUT2D eigenvalue weighted by atomic mass is 16.3. The summed E-state index contributed by atoms with van der Waals surface area (Å²) >= 11 is 0. The van der Waals surface area contributed by atoms with Crippen molar-refractivity contribution < 1.29 is 4.42 Å². The minimum Gasteiger partial charge on any atom is -0.456 e. The molecular formula is C28H23NO. The summed E-state index contributed by atoms with van der Waals surface area (Å²) < 4.78 is 6.59. The molecule has 1 aromatic heterocycles. The molecule has 2 heteroatoms. The first kappa shape index (κ1) is 18.5. The topological polar surface area (TPSA) is 17.5 Å². The van der Waals surface area contributed by atoms with Crippen molar-refractivity contribution in [1.82, 2.24) is 0 Å². The summed E-state index contributed by atoms with van der Waals surface area (Å²) in [7, 11) is 0. The molecule has 0 amide bonds. The van der Waals surface area contributed by atoms with Gasteiger partial charge in [0.15, 0.2) is 5.69 Å². The van der Waals surface area contributed by atoms with Gasteiger partial charge in [0, 0.05) is 21.9 Å². The lowest BCUT2D eigenvalue weighted by Crippen LogP contribution is -2.13. The van der Waals surface area contributed by atoms with Crippen LogP contribution in [0.25, 0.3) is 48.7 Å². The van der Waals surface area contributed by atoms with Crippen molar-refractivity contribution in [3.63, 3.8) is 0 Å². The van der Waals surface area contributed by atoms with Gasteiger partial charge in [0.05, 0.1) is 6.57 Å². The molecular weight excluding hydrogens is 366 g/mol. The molecule has 0 atom stereocenters. The zero-order valence-corrected chi connectivity index (χ0v) is 17.7. The number of nitrogens with zero attached hydrogens (tertiary/aromatic N) is 1. The van der Waals surface area contributed by atoms with Crippen LogP contribution in [0.1, 0.15) is 31.9 Å². The standard InChI is InChI=1S/C28H23NO/c1-17-10-13-22-21-14-15-23(29-5)24(26(21)30-27(22)25(17)28(2,3)4)20-12-11-18-8-6-7-9-19(18)16-20/h6-16H,1-4H3. The maximum atomic E-state index is 7.77. The summed E-state index contributed by atoms with van der Waals surface area (Å²) in [5.74, 6) is 0. The molecule has 4 aromatic carbocycles. The fourth-order valence-corrected chi connectivity index (χ4v) is 4.64. The van der Waals surface area contributed by atoms with E-state index in [4.69, 9.17) is 11.0 Å². The van der Waals surface area contributed by atoms with Crippen LogP contribution in [0.2, 0.25) is 0 Å². The molecule has 5 rings (SSSR count). The summed E-state index contributed by atoms with van der Waals surface area (Å²) in [6.07, 6.45) is 0. The first-order valence-corrected chi connectivity index (χ1v) is 10.2. The van der Waals surface area contributed by atoms with E-state index >= 15 is 0 Å². The Morgan fingerprint density at radius 1 is 0.800 bits per heavy atom. The van der Waals surface area contributed by atoms with Gasteiger partial charge >= 0.3 is 0 Å². The van der Waals surface area contributed by atoms with Crippen LogP contribution in [0, 0.1) is 13.5 Å². The third kappa shape index (κ3) is 2.70. The van der Waals surface area contributed by atoms with E-state index in [1.165, 1.54) is 16.5 Å². The Balaban J connectivity index is 1.91. The summed E-state index contributed by atoms with van der Waals surface area (Å²) in [6, 6.07) is 22.9. The normalized spacial score (nSPS) is 12.0. The highest BCUT2D eigenvalue weighted by Crippen LogP contribution is 2.45. The zero-order valence-electron chi connectivity index (χ0n) is 17.7. The van der Waals surface area contributed by atoms with Crippen LogP contribution in [0.15, 0.2) is 71.1 Å². The molecule has 0 aliphatic rings. The molecule has 30 heavy (non-hydrogen) atoms. The summed E-state index contributed by atoms with van der Waals surface area (Å²) in [4.78, 5) is 3.83. The number of benzene rings is 4. The predicted molar refractivity (Wildman–Crippen MR) is 126 cm³/mol. The average molecular weight is 389 g/mol. The van der Waals surface area contributed by atoms with Crippen LogP contribution in [-0.2, 0) is 5.41 Å². The van der Waals surface area contributed by atoms with Crippen LogP contribution in [0.4, 0.5) is 5.69 Å². The van der Waals surface area contributed by atoms with E-state index in [0.717, 1.165) is 38.5 Å². The summed E-state index contributed by atoms with van der Waals surface area (Å²) in [5, 5.41) is 4.52. The molecule has 2 nitrogen and oxygen atoms in total. The molecule has 0 saturated carbocycles. The van der Waals surface area contributed by atoms with Crippen molar-refractivity contribution in [3.8, 4) is 11.1 Å². The second kappa shape index (κ2) is 6.47. The molecule has 0 radical (unpaired) electrons. The SMILES string of the molecule is [C-]#[N+]c1ccc2c(oc3c(C(C)(C)C)c(C)ccc32)c1-c1ccc2ccccc2c1. The number of rotatable bonds is 1. The molecule has 1 heterocycles. The average Bonchev–Trinajstić information content (AvgIpc) is 3.09. The maximum absolute atomic E-state index is 7.77. The zero-order chi connectivity index (χ0) is 21.0. The minimum atomic E-state index is -0.0385. The number of fused-ring (bicyclic) bond motifs is 4. The summed E-state index contributed by atoms with van der Waals surface area (Å²) in [6.45, 7) is 16.6. The van der Waals surface area contributed by atoms with E-state index < -0.39 is 0 Å². The Morgan fingerprint density at radius 3 is 2.23 bits per heavy atom. The van der Waals surface area contributed by atoms with Gasteiger partial charge in [-0.15, -0.1) is 0 Å². The molecule has 0 N–H and O–H groups in total. The molecule has 5 aromatic rings. The van der Waals surface area contributed by atoms with E-state index in [1.807, 2.05) is 24.3 Å². The third-order valence-electron chi connectivity index (χ3n) is 5.90. The highest BCUT2D eigenvalue weighted by Gasteiger charge is 2.24. The van der Waals surface area contributed by atoms with Crippen LogP contribution < -0.4 is 0 Å². The van der Waals surface area contributed by atoms with Crippen molar-refractivity contribution >= 4 is 38.4 Å². The van der Waals surface area contributed by atoms with Gasteiger partial charge in [-0.25, -0.2) is 4.85 Å². The van der Waals surface area contributed by atoms with E-state index in [0.29, 0.717) is 5.69 Å². The van der Waals surface area contributed by atoms with Crippen molar-refractivity contribution in [2.24, 2.45) is 0 Å². The van der Waals surface area contributed by atoms with Gasteiger partial charge in [-0.3, -0.25) is 0 Å². The fourth-order valence-electron chi connectivity index (χ4n) is 4.64. The van der Waals surface area contributed by atoms with Gasteiger partial charge in [-0.2, -0.15) is 0 Å². The molecule has 146 valence electrons. The van der Waals surface area contributed by atoms with Gasteiger partial charge in [0.2, 0.25) is 0 Å². The minimum absolute atomic E-state index is 0.0385. The smallest absolute Gasteiger partial charge is 0.198 e. The van der Waals surface area contributed by atoms with E-state index in [1.54, 1.807) is 0 Å². The van der Waals surface area contributed by atoms with Crippen LogP contribution in [0.5, 0.6) is 0 Å². The Hall–Kier alpha value is -3.57. The highest BCUT2D eigenvalue weighted by molar-refractivity contribution is 6.13. The van der Waals surface area contributed by atoms with Crippen molar-refractivity contribution in [2.45, 2.75) is 33.1 Å². The van der Waals surface area contributed by atoms with E-state index in [9.17, 15) is 0 Å². The number of aryl methyl sites for hydroxylation is 1. The predicted octanol–water partition coefficient (Wildman–Crippen LogP) is 8.56. The largest absolute Gasteiger partial charge is 0.456 e. The van der Waals surface area contributed by atoms with Gasteiger partial charge in [0.1, 0.15) is 11.2 Å². The van der Waals surface area contributed by atoms with Crippen molar-refractivity contribution in [1.29, 1.82) is 0 Å². The molecule has 0 unspecified atom stereocenters. The van der Waals surface area contributed by atoms with E-state index in [-0.39, 0.29) is 5.41 Å². The van der Waals surface area contributed by atoms with Crippen LogP contribution in [0.3, 0.4) is 0 Å². The number of hydrogen-bond donors (Lipinski definition) is 0. The Bertz CT molecular complexity index is 1490. The Morgan fingerprint density at radius 2 is 1.50 bits per heavy atom. The van der Waals surface area contributed by atoms with E-state index in [2.05, 4.69) is 75.0 Å². The number of hydrogen-bond acceptors (Lipinski definition) is 1. The van der Waals surface area contributed by atoms with Crippen LogP contribution >= 0.6 is 0 Å². The Labute approximate surface area is 176 Å². The molecule has 0 bridgehead atoms. The lowest BCUT2D eigenvalue weighted by atomic mass is 9.83. The molecule has 0 spiro atoms. The fraction of sp³-hybridized carbons (Fsp3) is 0.179. The molecule has 0 aliphatic carbocycles. The molecule has 0 saturated heterocycles. The lowest BCUT2D eigenvalue weighted by molar-refractivity contribution is 0.569. The molecule has 0 fully saturated rings. The first-order chi connectivity index (χ1) is 14.4. The van der Waals surface area contributed by atoms with Crippen molar-refractivity contribution in [2.75, 3.05) is 0 Å². The summed E-state index contributed by atoms with van der Waals surface area (Å²) in [5.41, 5.74) is 6.65. The second-order valence-electron chi connectivity index (χ2n) is 9.00. The first-order valence-electron chi connectivity index (χ1n) is 10.2. The Kier molecular flexibility index (Phi) is 3.98. The van der Waals surface area contributed by atoms with Crippen molar-refractivity contribution in [3.05, 3.63) is 89.3 Å². The number of furan rings is 1.